The Morgan fingerprint density at radius 2 is 1.95 bits per heavy atom. The summed E-state index contributed by atoms with van der Waals surface area (Å²) in [5, 5.41) is 0. The van der Waals surface area contributed by atoms with Gasteiger partial charge in [0.05, 0.1) is 6.61 Å². The molecule has 1 aromatic carbocycles. The summed E-state index contributed by atoms with van der Waals surface area (Å²) < 4.78 is 5.36. The Hall–Kier alpha value is -1.84. The van der Waals surface area contributed by atoms with Crippen molar-refractivity contribution in [3.05, 3.63) is 29.8 Å². The van der Waals surface area contributed by atoms with E-state index in [4.69, 9.17) is 4.74 Å². The van der Waals surface area contributed by atoms with Crippen LogP contribution in [0.1, 0.15) is 49.9 Å². The molecule has 0 saturated carbocycles. The van der Waals surface area contributed by atoms with E-state index < -0.39 is 0 Å². The molecule has 0 bridgehead atoms. The number of carbonyl (C=O) groups excluding carboxylic acids is 2. The van der Waals surface area contributed by atoms with Crippen LogP contribution in [-0.2, 0) is 4.79 Å². The third kappa shape index (κ3) is 4.58. The molecule has 0 spiro atoms. The molecule has 1 atom stereocenters. The van der Waals surface area contributed by atoms with Crippen LogP contribution in [-0.4, -0.2) is 36.3 Å². The number of likely N-dealkylation sites (tertiary alicyclic amines) is 1. The Labute approximate surface area is 132 Å². The zero-order chi connectivity index (χ0) is 15.9. The minimum absolute atomic E-state index is 0.0152. The van der Waals surface area contributed by atoms with Crippen LogP contribution < -0.4 is 4.74 Å². The summed E-state index contributed by atoms with van der Waals surface area (Å²) >= 11 is 0. The summed E-state index contributed by atoms with van der Waals surface area (Å²) in [6.45, 7) is 6.36. The van der Waals surface area contributed by atoms with Crippen LogP contribution in [0.4, 0.5) is 0 Å². The maximum Gasteiger partial charge on any atom is 0.223 e. The number of amides is 1. The van der Waals surface area contributed by atoms with Crippen molar-refractivity contribution in [3.63, 3.8) is 0 Å². The Bertz CT molecular complexity index is 510. The maximum atomic E-state index is 12.2. The first-order valence-electron chi connectivity index (χ1n) is 8.14. The molecule has 22 heavy (non-hydrogen) atoms. The van der Waals surface area contributed by atoms with Gasteiger partial charge in [-0.3, -0.25) is 9.59 Å². The summed E-state index contributed by atoms with van der Waals surface area (Å²) in [6, 6.07) is 7.12. The Morgan fingerprint density at radius 3 is 2.59 bits per heavy atom. The standard InChI is InChI=1S/C18H25NO3/c1-3-22-16-8-6-15(7-9-16)17(20)10-11-18(21)19-12-4-5-14(2)13-19/h6-9,14H,3-5,10-13H2,1-2H3. The number of ether oxygens (including phenoxy) is 1. The zero-order valence-corrected chi connectivity index (χ0v) is 13.5. The van der Waals surface area contributed by atoms with Crippen LogP contribution in [0.3, 0.4) is 0 Å². The van der Waals surface area contributed by atoms with Crippen LogP contribution in [0.5, 0.6) is 5.75 Å². The molecule has 4 nitrogen and oxygen atoms in total. The smallest absolute Gasteiger partial charge is 0.223 e. The first-order chi connectivity index (χ1) is 10.6. The van der Waals surface area contributed by atoms with Gasteiger partial charge < -0.3 is 9.64 Å². The van der Waals surface area contributed by atoms with E-state index >= 15 is 0 Å². The molecule has 1 aromatic rings. The zero-order valence-electron chi connectivity index (χ0n) is 13.5. The first-order valence-corrected chi connectivity index (χ1v) is 8.14. The number of ketones is 1. The van der Waals surface area contributed by atoms with E-state index in [0.29, 0.717) is 24.5 Å². The third-order valence-corrected chi connectivity index (χ3v) is 4.06. The van der Waals surface area contributed by atoms with Crippen molar-refractivity contribution in [3.8, 4) is 5.75 Å². The number of rotatable bonds is 6. The second-order valence-electron chi connectivity index (χ2n) is 5.97. The minimum atomic E-state index is 0.0152. The fraction of sp³-hybridized carbons (Fsp3) is 0.556. The topological polar surface area (TPSA) is 46.6 Å². The first kappa shape index (κ1) is 16.5. The van der Waals surface area contributed by atoms with E-state index in [1.165, 1.54) is 6.42 Å². The van der Waals surface area contributed by atoms with E-state index in [1.54, 1.807) is 24.3 Å². The molecule has 0 aromatic heterocycles. The maximum absolute atomic E-state index is 12.2. The van der Waals surface area contributed by atoms with Gasteiger partial charge in [0.2, 0.25) is 5.91 Å². The molecule has 1 saturated heterocycles. The number of benzene rings is 1. The Morgan fingerprint density at radius 1 is 1.23 bits per heavy atom. The van der Waals surface area contributed by atoms with Gasteiger partial charge in [0, 0.05) is 31.5 Å². The highest BCUT2D eigenvalue weighted by molar-refractivity contribution is 5.98. The monoisotopic (exact) mass is 303 g/mol. The molecule has 0 N–H and O–H groups in total. The van der Waals surface area contributed by atoms with Gasteiger partial charge >= 0.3 is 0 Å². The number of carbonyl (C=O) groups is 2. The largest absolute Gasteiger partial charge is 0.494 e. The highest BCUT2D eigenvalue weighted by Crippen LogP contribution is 2.18. The van der Waals surface area contributed by atoms with Gasteiger partial charge in [-0.15, -0.1) is 0 Å². The average Bonchev–Trinajstić information content (AvgIpc) is 2.53. The summed E-state index contributed by atoms with van der Waals surface area (Å²) in [5.74, 6) is 1.45. The van der Waals surface area contributed by atoms with Crippen molar-refractivity contribution in [2.45, 2.75) is 39.5 Å². The van der Waals surface area contributed by atoms with E-state index in [-0.39, 0.29) is 18.1 Å². The molecule has 0 radical (unpaired) electrons. The number of piperidine rings is 1. The predicted molar refractivity (Wildman–Crippen MR) is 86.2 cm³/mol. The predicted octanol–water partition coefficient (Wildman–Crippen LogP) is 3.31. The fourth-order valence-corrected chi connectivity index (χ4v) is 2.84. The lowest BCUT2D eigenvalue weighted by molar-refractivity contribution is -0.132. The third-order valence-electron chi connectivity index (χ3n) is 4.06. The molecule has 1 amide bonds. The highest BCUT2D eigenvalue weighted by Gasteiger charge is 2.21. The average molecular weight is 303 g/mol. The summed E-state index contributed by atoms with van der Waals surface area (Å²) in [6.07, 6.45) is 2.84. The molecule has 1 fully saturated rings. The Kier molecular flexibility index (Phi) is 5.99. The second kappa shape index (κ2) is 7.97. The molecule has 1 heterocycles. The van der Waals surface area contributed by atoms with E-state index in [9.17, 15) is 9.59 Å². The lowest BCUT2D eigenvalue weighted by Gasteiger charge is -2.31. The summed E-state index contributed by atoms with van der Waals surface area (Å²) in [7, 11) is 0. The summed E-state index contributed by atoms with van der Waals surface area (Å²) in [5.41, 5.74) is 0.642. The molecule has 120 valence electrons. The van der Waals surface area contributed by atoms with Crippen LogP contribution in [0.25, 0.3) is 0 Å². The quantitative estimate of drug-likeness (QED) is 0.757. The van der Waals surface area contributed by atoms with Crippen LogP contribution in [0, 0.1) is 5.92 Å². The Balaban J connectivity index is 1.82. The number of hydrogen-bond acceptors (Lipinski definition) is 3. The molecule has 2 rings (SSSR count). The molecule has 4 heteroatoms. The van der Waals surface area contributed by atoms with E-state index in [0.717, 1.165) is 25.3 Å². The van der Waals surface area contributed by atoms with Gasteiger partial charge in [-0.05, 0) is 49.9 Å². The molecule has 0 aliphatic carbocycles. The van der Waals surface area contributed by atoms with E-state index in [2.05, 4.69) is 6.92 Å². The van der Waals surface area contributed by atoms with Crippen molar-refractivity contribution >= 4 is 11.7 Å². The lowest BCUT2D eigenvalue weighted by Crippen LogP contribution is -2.39. The number of nitrogens with zero attached hydrogens (tertiary/aromatic N) is 1. The number of Topliss-reactive ketones (excluding diaryl/α,β-unsaturated/α-hetero) is 1. The van der Waals surface area contributed by atoms with Gasteiger partial charge in [0.1, 0.15) is 5.75 Å². The van der Waals surface area contributed by atoms with Crippen LogP contribution in [0.2, 0.25) is 0 Å². The van der Waals surface area contributed by atoms with Crippen molar-refractivity contribution in [1.29, 1.82) is 0 Å². The van der Waals surface area contributed by atoms with Crippen molar-refractivity contribution in [1.82, 2.24) is 4.90 Å². The van der Waals surface area contributed by atoms with Gasteiger partial charge in [-0.25, -0.2) is 0 Å². The number of hydrogen-bond donors (Lipinski definition) is 0. The van der Waals surface area contributed by atoms with Gasteiger partial charge in [0.25, 0.3) is 0 Å². The molecular formula is C18H25NO3. The van der Waals surface area contributed by atoms with Gasteiger partial charge in [-0.2, -0.15) is 0 Å². The molecule has 1 unspecified atom stereocenters. The molecule has 1 aliphatic heterocycles. The SMILES string of the molecule is CCOc1ccc(C(=O)CCC(=O)N2CCCC(C)C2)cc1. The van der Waals surface area contributed by atoms with Crippen molar-refractivity contribution in [2.24, 2.45) is 5.92 Å². The summed E-state index contributed by atoms with van der Waals surface area (Å²) in [4.78, 5) is 26.2. The van der Waals surface area contributed by atoms with Crippen LogP contribution in [0.15, 0.2) is 24.3 Å². The second-order valence-corrected chi connectivity index (χ2v) is 5.97. The molecular weight excluding hydrogens is 278 g/mol. The molecule has 1 aliphatic rings. The van der Waals surface area contributed by atoms with Crippen molar-refractivity contribution in [2.75, 3.05) is 19.7 Å². The minimum Gasteiger partial charge on any atom is -0.494 e. The van der Waals surface area contributed by atoms with Gasteiger partial charge in [0.15, 0.2) is 5.78 Å². The van der Waals surface area contributed by atoms with Gasteiger partial charge in [-0.1, -0.05) is 6.92 Å². The normalized spacial score (nSPS) is 18.1. The van der Waals surface area contributed by atoms with Crippen molar-refractivity contribution < 1.29 is 14.3 Å². The fourth-order valence-electron chi connectivity index (χ4n) is 2.84. The lowest BCUT2D eigenvalue weighted by atomic mass is 9.99. The highest BCUT2D eigenvalue weighted by atomic mass is 16.5. The van der Waals surface area contributed by atoms with E-state index in [1.807, 2.05) is 11.8 Å². The van der Waals surface area contributed by atoms with Crippen LogP contribution >= 0.6 is 0 Å².